The molecule has 4 rings (SSSR count). The van der Waals surface area contributed by atoms with Crippen LogP contribution in [-0.4, -0.2) is 46.5 Å². The summed E-state index contributed by atoms with van der Waals surface area (Å²) >= 11 is 1.61. The Morgan fingerprint density at radius 1 is 1.11 bits per heavy atom. The zero-order valence-electron chi connectivity index (χ0n) is 10.9. The van der Waals surface area contributed by atoms with Crippen molar-refractivity contribution in [3.05, 3.63) is 5.82 Å². The number of rotatable bonds is 2. The quantitative estimate of drug-likeness (QED) is 0.819. The average molecular weight is 264 g/mol. The Morgan fingerprint density at radius 2 is 1.94 bits per heavy atom. The fourth-order valence-corrected chi connectivity index (χ4v) is 4.13. The molecule has 0 unspecified atom stereocenters. The number of hydrogen-bond acceptors (Lipinski definition) is 5. The normalized spacial score (nSPS) is 32.8. The summed E-state index contributed by atoms with van der Waals surface area (Å²) in [5.41, 5.74) is 0. The highest BCUT2D eigenvalue weighted by Gasteiger charge is 2.36. The summed E-state index contributed by atoms with van der Waals surface area (Å²) < 4.78 is 4.54. The van der Waals surface area contributed by atoms with Gasteiger partial charge in [-0.25, -0.2) is 4.98 Å². The number of hydrogen-bond donors (Lipinski definition) is 0. The second-order valence-electron chi connectivity index (χ2n) is 5.99. The van der Waals surface area contributed by atoms with E-state index in [1.54, 1.807) is 11.5 Å². The Balaban J connectivity index is 1.53. The molecule has 2 saturated heterocycles. The Morgan fingerprint density at radius 3 is 2.78 bits per heavy atom. The molecule has 1 aromatic heterocycles. The molecule has 18 heavy (non-hydrogen) atoms. The number of fused-ring (bicyclic) bond motifs is 2. The van der Waals surface area contributed by atoms with Gasteiger partial charge in [0, 0.05) is 42.6 Å². The van der Waals surface area contributed by atoms with Crippen LogP contribution in [0.3, 0.4) is 0 Å². The van der Waals surface area contributed by atoms with E-state index in [9.17, 15) is 0 Å². The molecule has 0 spiro atoms. The molecule has 98 valence electrons. The molecule has 0 N–H and O–H groups in total. The van der Waals surface area contributed by atoms with Gasteiger partial charge in [0.25, 0.3) is 0 Å². The molecule has 1 aliphatic carbocycles. The van der Waals surface area contributed by atoms with Gasteiger partial charge in [-0.15, -0.1) is 0 Å². The summed E-state index contributed by atoms with van der Waals surface area (Å²) in [4.78, 5) is 9.82. The third kappa shape index (κ3) is 1.84. The lowest BCUT2D eigenvalue weighted by molar-refractivity contribution is 0.254. The molecule has 3 aliphatic rings. The van der Waals surface area contributed by atoms with Gasteiger partial charge in [0.2, 0.25) is 5.13 Å². The van der Waals surface area contributed by atoms with Gasteiger partial charge < -0.3 is 4.90 Å². The van der Waals surface area contributed by atoms with E-state index in [0.717, 1.165) is 36.1 Å². The van der Waals surface area contributed by atoms with Crippen LogP contribution in [0, 0.1) is 0 Å². The van der Waals surface area contributed by atoms with Gasteiger partial charge in [-0.2, -0.15) is 4.37 Å². The molecular formula is C13H20N4S. The fourth-order valence-electron chi connectivity index (χ4n) is 3.34. The third-order valence-corrected chi connectivity index (χ3v) is 5.58. The highest BCUT2D eigenvalue weighted by Crippen LogP contribution is 2.40. The first-order valence-corrected chi connectivity index (χ1v) is 7.89. The summed E-state index contributed by atoms with van der Waals surface area (Å²) in [6.45, 7) is 2.30. The Kier molecular flexibility index (Phi) is 2.59. The minimum Gasteiger partial charge on any atom is -0.345 e. The highest BCUT2D eigenvalue weighted by molar-refractivity contribution is 7.09. The Bertz CT molecular complexity index is 442. The SMILES string of the molecule is CN1[C@H]2CC[C@H]1CN(c1nc(C3CC3)ns1)CC2. The molecule has 2 bridgehead atoms. The smallest absolute Gasteiger partial charge is 0.205 e. The van der Waals surface area contributed by atoms with Crippen molar-refractivity contribution in [2.24, 2.45) is 0 Å². The van der Waals surface area contributed by atoms with Crippen molar-refractivity contribution in [2.75, 3.05) is 25.0 Å². The molecule has 2 aliphatic heterocycles. The van der Waals surface area contributed by atoms with E-state index < -0.39 is 0 Å². The second kappa shape index (κ2) is 4.17. The van der Waals surface area contributed by atoms with Crippen LogP contribution in [0.15, 0.2) is 0 Å². The summed E-state index contributed by atoms with van der Waals surface area (Å²) in [6, 6.07) is 1.53. The number of aromatic nitrogens is 2. The van der Waals surface area contributed by atoms with E-state index in [0.29, 0.717) is 5.92 Å². The van der Waals surface area contributed by atoms with Crippen molar-refractivity contribution in [3.8, 4) is 0 Å². The van der Waals surface area contributed by atoms with Crippen molar-refractivity contribution in [2.45, 2.75) is 50.1 Å². The molecule has 0 aromatic carbocycles. The molecule has 3 heterocycles. The molecule has 1 saturated carbocycles. The number of anilines is 1. The van der Waals surface area contributed by atoms with E-state index in [1.165, 1.54) is 32.1 Å². The molecule has 1 aromatic rings. The van der Waals surface area contributed by atoms with Crippen LogP contribution >= 0.6 is 11.5 Å². The second-order valence-corrected chi connectivity index (χ2v) is 6.72. The van der Waals surface area contributed by atoms with Crippen molar-refractivity contribution in [1.82, 2.24) is 14.3 Å². The fraction of sp³-hybridized carbons (Fsp3) is 0.846. The summed E-state index contributed by atoms with van der Waals surface area (Å²) in [5, 5.41) is 1.16. The molecule has 4 nitrogen and oxygen atoms in total. The van der Waals surface area contributed by atoms with Crippen LogP contribution in [0.25, 0.3) is 0 Å². The van der Waals surface area contributed by atoms with Crippen LogP contribution in [0.2, 0.25) is 0 Å². The first-order chi connectivity index (χ1) is 8.81. The van der Waals surface area contributed by atoms with E-state index in [2.05, 4.69) is 21.2 Å². The predicted octanol–water partition coefficient (Wildman–Crippen LogP) is 2.09. The van der Waals surface area contributed by atoms with Crippen molar-refractivity contribution in [1.29, 1.82) is 0 Å². The van der Waals surface area contributed by atoms with E-state index in [1.807, 2.05) is 0 Å². The van der Waals surface area contributed by atoms with E-state index >= 15 is 0 Å². The van der Waals surface area contributed by atoms with Crippen LogP contribution in [-0.2, 0) is 0 Å². The summed E-state index contributed by atoms with van der Waals surface area (Å²) in [7, 11) is 2.29. The molecule has 2 atom stereocenters. The zero-order chi connectivity index (χ0) is 12.1. The maximum atomic E-state index is 4.76. The van der Waals surface area contributed by atoms with Crippen LogP contribution in [0.1, 0.15) is 43.8 Å². The standard InChI is InChI=1S/C13H20N4S/c1-16-10-4-5-11(16)8-17(7-6-10)13-14-12(15-18-13)9-2-3-9/h9-11H,2-8H2,1H3/t10-,11-/m0/s1. The molecule has 5 heteroatoms. The first-order valence-electron chi connectivity index (χ1n) is 7.12. The lowest BCUT2D eigenvalue weighted by Crippen LogP contribution is -2.36. The van der Waals surface area contributed by atoms with Gasteiger partial charge in [-0.3, -0.25) is 4.90 Å². The lowest BCUT2D eigenvalue weighted by Gasteiger charge is -2.24. The molecule has 3 fully saturated rings. The van der Waals surface area contributed by atoms with Gasteiger partial charge in [0.1, 0.15) is 5.82 Å². The van der Waals surface area contributed by atoms with Gasteiger partial charge in [-0.05, 0) is 39.2 Å². The van der Waals surface area contributed by atoms with Gasteiger partial charge in [-0.1, -0.05) is 0 Å². The lowest BCUT2D eigenvalue weighted by atomic mass is 10.1. The molecule has 0 radical (unpaired) electrons. The largest absolute Gasteiger partial charge is 0.345 e. The van der Waals surface area contributed by atoms with Crippen LogP contribution < -0.4 is 4.90 Å². The molecular weight excluding hydrogens is 244 g/mol. The number of likely N-dealkylation sites (N-methyl/N-ethyl adjacent to an activating group) is 1. The number of nitrogens with zero attached hydrogens (tertiary/aromatic N) is 4. The Labute approximate surface area is 112 Å². The Hall–Kier alpha value is -0.680. The minimum atomic E-state index is 0.682. The van der Waals surface area contributed by atoms with Crippen LogP contribution in [0.4, 0.5) is 5.13 Å². The van der Waals surface area contributed by atoms with Crippen molar-refractivity contribution >= 4 is 16.7 Å². The predicted molar refractivity (Wildman–Crippen MR) is 73.3 cm³/mol. The zero-order valence-corrected chi connectivity index (χ0v) is 11.7. The van der Waals surface area contributed by atoms with Crippen molar-refractivity contribution < 1.29 is 0 Å². The maximum Gasteiger partial charge on any atom is 0.205 e. The maximum absolute atomic E-state index is 4.76. The summed E-state index contributed by atoms with van der Waals surface area (Å²) in [5.74, 6) is 1.79. The average Bonchev–Trinajstić information content (AvgIpc) is 3.02. The summed E-state index contributed by atoms with van der Waals surface area (Å²) in [6.07, 6.45) is 6.61. The van der Waals surface area contributed by atoms with Gasteiger partial charge in [0.15, 0.2) is 0 Å². The highest BCUT2D eigenvalue weighted by atomic mass is 32.1. The first kappa shape index (κ1) is 11.2. The van der Waals surface area contributed by atoms with E-state index in [4.69, 9.17) is 4.98 Å². The van der Waals surface area contributed by atoms with E-state index in [-0.39, 0.29) is 0 Å². The van der Waals surface area contributed by atoms with Crippen molar-refractivity contribution in [3.63, 3.8) is 0 Å². The topological polar surface area (TPSA) is 32.3 Å². The van der Waals surface area contributed by atoms with Gasteiger partial charge in [0.05, 0.1) is 0 Å². The van der Waals surface area contributed by atoms with Crippen LogP contribution in [0.5, 0.6) is 0 Å². The third-order valence-electron chi connectivity index (χ3n) is 4.79. The molecule has 0 amide bonds. The monoisotopic (exact) mass is 264 g/mol. The van der Waals surface area contributed by atoms with Gasteiger partial charge >= 0.3 is 0 Å². The minimum absolute atomic E-state index is 0.682.